The number of benzene rings is 2. The number of anilines is 1. The number of ether oxygens (including phenoxy) is 3. The van der Waals surface area contributed by atoms with Gasteiger partial charge in [0.2, 0.25) is 0 Å². The first-order chi connectivity index (χ1) is 15.0. The van der Waals surface area contributed by atoms with Crippen molar-refractivity contribution in [1.82, 2.24) is 0 Å². The quantitative estimate of drug-likeness (QED) is 0.455. The molecule has 31 heavy (non-hydrogen) atoms. The number of hydrogen-bond acceptors (Lipinski definition) is 8. The molecule has 0 saturated carbocycles. The van der Waals surface area contributed by atoms with Gasteiger partial charge in [0, 0.05) is 11.1 Å². The first-order valence-electron chi connectivity index (χ1n) is 9.93. The van der Waals surface area contributed by atoms with Crippen molar-refractivity contribution < 1.29 is 28.2 Å². The van der Waals surface area contributed by atoms with Crippen molar-refractivity contribution in [3.8, 4) is 5.75 Å². The third kappa shape index (κ3) is 3.96. The van der Waals surface area contributed by atoms with Gasteiger partial charge in [0.1, 0.15) is 16.9 Å². The Kier molecular flexibility index (Phi) is 5.62. The van der Waals surface area contributed by atoms with Crippen LogP contribution < -0.4 is 15.3 Å². The van der Waals surface area contributed by atoms with Crippen LogP contribution in [0.3, 0.4) is 0 Å². The van der Waals surface area contributed by atoms with Crippen LogP contribution in [0.25, 0.3) is 11.0 Å². The molecule has 2 heterocycles. The molecule has 0 fully saturated rings. The first-order valence-corrected chi connectivity index (χ1v) is 9.93. The molecule has 2 aromatic carbocycles. The Morgan fingerprint density at radius 3 is 2.42 bits per heavy atom. The number of rotatable bonds is 5. The van der Waals surface area contributed by atoms with E-state index in [9.17, 15) is 14.4 Å². The summed E-state index contributed by atoms with van der Waals surface area (Å²) in [4.78, 5) is 38.2. The molecule has 3 aromatic rings. The summed E-state index contributed by atoms with van der Waals surface area (Å²) in [6.07, 6.45) is 0. The molecule has 0 atom stereocenters. The molecule has 4 rings (SSSR count). The summed E-state index contributed by atoms with van der Waals surface area (Å²) < 4.78 is 21.3. The molecule has 1 aliphatic rings. The lowest BCUT2D eigenvalue weighted by atomic mass is 10.1. The Morgan fingerprint density at radius 1 is 1.00 bits per heavy atom. The van der Waals surface area contributed by atoms with E-state index in [4.69, 9.17) is 18.6 Å². The number of carbonyl (C=O) groups is 2. The van der Waals surface area contributed by atoms with Gasteiger partial charge in [-0.2, -0.15) is 0 Å². The third-order valence-electron chi connectivity index (χ3n) is 4.93. The maximum atomic E-state index is 12.4. The molecule has 0 radical (unpaired) electrons. The number of nitrogens with zero attached hydrogens (tertiary/aromatic N) is 1. The fourth-order valence-corrected chi connectivity index (χ4v) is 3.43. The minimum atomic E-state index is -0.754. The van der Waals surface area contributed by atoms with Gasteiger partial charge in [-0.1, -0.05) is 0 Å². The molecule has 8 heteroatoms. The van der Waals surface area contributed by atoms with Crippen LogP contribution in [0.2, 0.25) is 0 Å². The summed E-state index contributed by atoms with van der Waals surface area (Å²) in [7, 11) is 0. The smallest absolute Gasteiger partial charge is 0.351 e. The average molecular weight is 423 g/mol. The van der Waals surface area contributed by atoms with E-state index >= 15 is 0 Å². The summed E-state index contributed by atoms with van der Waals surface area (Å²) in [6, 6.07) is 12.0. The van der Waals surface area contributed by atoms with Gasteiger partial charge in [-0.25, -0.2) is 14.4 Å². The van der Waals surface area contributed by atoms with Crippen LogP contribution in [0.1, 0.15) is 40.1 Å². The van der Waals surface area contributed by atoms with Gasteiger partial charge in [0.25, 0.3) is 0 Å². The van der Waals surface area contributed by atoms with Gasteiger partial charge in [-0.05, 0) is 56.3 Å². The van der Waals surface area contributed by atoms with E-state index < -0.39 is 11.6 Å². The van der Waals surface area contributed by atoms with Crippen molar-refractivity contribution in [3.63, 3.8) is 0 Å². The van der Waals surface area contributed by atoms with Crippen LogP contribution in [0.15, 0.2) is 51.7 Å². The monoisotopic (exact) mass is 423 g/mol. The Morgan fingerprint density at radius 2 is 1.71 bits per heavy atom. The van der Waals surface area contributed by atoms with Crippen molar-refractivity contribution in [2.45, 2.75) is 20.4 Å². The van der Waals surface area contributed by atoms with Gasteiger partial charge < -0.3 is 23.5 Å². The van der Waals surface area contributed by atoms with Crippen LogP contribution in [0.4, 0.5) is 5.69 Å². The van der Waals surface area contributed by atoms with Crippen LogP contribution in [-0.4, -0.2) is 31.9 Å². The molecule has 1 aliphatic heterocycles. The predicted molar refractivity (Wildman–Crippen MR) is 113 cm³/mol. The number of carbonyl (C=O) groups excluding carboxylic acids is 2. The van der Waals surface area contributed by atoms with E-state index in [0.29, 0.717) is 47.7 Å². The van der Waals surface area contributed by atoms with Crippen LogP contribution >= 0.6 is 0 Å². The van der Waals surface area contributed by atoms with E-state index in [-0.39, 0.29) is 18.1 Å². The molecule has 0 spiro atoms. The van der Waals surface area contributed by atoms with Gasteiger partial charge >= 0.3 is 17.6 Å². The highest BCUT2D eigenvalue weighted by Crippen LogP contribution is 2.34. The molecule has 0 amide bonds. The normalized spacial score (nSPS) is 12.8. The molecule has 8 nitrogen and oxygen atoms in total. The van der Waals surface area contributed by atoms with Crippen molar-refractivity contribution >= 4 is 28.6 Å². The van der Waals surface area contributed by atoms with Crippen LogP contribution in [0.5, 0.6) is 5.75 Å². The van der Waals surface area contributed by atoms with E-state index in [1.54, 1.807) is 50.2 Å². The molecular weight excluding hydrogens is 402 g/mol. The second kappa shape index (κ2) is 8.51. The topological polar surface area (TPSA) is 95.3 Å². The maximum Gasteiger partial charge on any atom is 0.351 e. The minimum absolute atomic E-state index is 0.141. The summed E-state index contributed by atoms with van der Waals surface area (Å²) in [6.45, 7) is 4.62. The first kappa shape index (κ1) is 20.5. The fourth-order valence-electron chi connectivity index (χ4n) is 3.43. The van der Waals surface area contributed by atoms with Gasteiger partial charge in [-0.15, -0.1) is 0 Å². The molecule has 1 aromatic heterocycles. The predicted octanol–water partition coefficient (Wildman–Crippen LogP) is 3.50. The van der Waals surface area contributed by atoms with Gasteiger partial charge in [-0.3, -0.25) is 0 Å². The average Bonchev–Trinajstić information content (AvgIpc) is 2.78. The largest absolute Gasteiger partial charge is 0.473 e. The molecule has 0 saturated heterocycles. The lowest BCUT2D eigenvalue weighted by Crippen LogP contribution is -2.32. The molecule has 160 valence electrons. The highest BCUT2D eigenvalue weighted by molar-refractivity contribution is 5.94. The summed E-state index contributed by atoms with van der Waals surface area (Å²) in [5, 5.41) is 0.601. The van der Waals surface area contributed by atoms with Crippen molar-refractivity contribution in [2.24, 2.45) is 0 Å². The second-order valence-corrected chi connectivity index (χ2v) is 6.87. The lowest BCUT2D eigenvalue weighted by molar-refractivity contribution is 0.0514. The molecule has 0 N–H and O–H groups in total. The summed E-state index contributed by atoms with van der Waals surface area (Å²) in [5.74, 6) is -0.478. The third-order valence-corrected chi connectivity index (χ3v) is 4.93. The van der Waals surface area contributed by atoms with E-state index in [1.807, 2.05) is 4.90 Å². The fraction of sp³-hybridized carbons (Fsp3) is 0.261. The van der Waals surface area contributed by atoms with E-state index in [2.05, 4.69) is 0 Å². The zero-order chi connectivity index (χ0) is 22.0. The van der Waals surface area contributed by atoms with Crippen molar-refractivity contribution in [2.75, 3.05) is 24.8 Å². The highest BCUT2D eigenvalue weighted by atomic mass is 16.5. The minimum Gasteiger partial charge on any atom is -0.473 e. The van der Waals surface area contributed by atoms with Crippen molar-refractivity contribution in [3.05, 3.63) is 69.6 Å². The summed E-state index contributed by atoms with van der Waals surface area (Å²) >= 11 is 0. The van der Waals surface area contributed by atoms with Crippen molar-refractivity contribution in [1.29, 1.82) is 0 Å². The van der Waals surface area contributed by atoms with Gasteiger partial charge in [0.05, 0.1) is 30.9 Å². The second-order valence-electron chi connectivity index (χ2n) is 6.87. The Bertz CT molecular complexity index is 1200. The molecule has 0 unspecified atom stereocenters. The number of esters is 2. The maximum absolute atomic E-state index is 12.4. The number of hydrogen-bond donors (Lipinski definition) is 0. The molecule has 0 bridgehead atoms. The lowest BCUT2D eigenvalue weighted by Gasteiger charge is -2.31. The Balaban J connectivity index is 1.65. The zero-order valence-electron chi connectivity index (χ0n) is 17.2. The van der Waals surface area contributed by atoms with E-state index in [0.717, 1.165) is 5.69 Å². The zero-order valence-corrected chi connectivity index (χ0v) is 17.2. The van der Waals surface area contributed by atoms with E-state index in [1.165, 1.54) is 6.07 Å². The summed E-state index contributed by atoms with van der Waals surface area (Å²) in [5.41, 5.74) is 1.47. The Hall–Kier alpha value is -3.81. The highest BCUT2D eigenvalue weighted by Gasteiger charge is 2.24. The Labute approximate surface area is 177 Å². The van der Waals surface area contributed by atoms with Crippen LogP contribution in [-0.2, 0) is 16.0 Å². The molecular formula is C23H21NO7. The van der Waals surface area contributed by atoms with Gasteiger partial charge in [0.15, 0.2) is 6.73 Å². The SMILES string of the molecule is CCOC(=O)c1ccc(N2COc3ccc4cc(C(=O)OCC)c(=O)oc4c3C2)cc1. The molecule has 0 aliphatic carbocycles. The number of fused-ring (bicyclic) bond motifs is 3. The standard InChI is InChI=1S/C23H21NO7/c1-3-28-21(25)14-5-8-16(9-6-14)24-12-18-19(30-13-24)10-7-15-11-17(22(26)29-4-2)23(27)31-20(15)18/h5-11H,3-4,12-13H2,1-2H3. The van der Waals surface area contributed by atoms with Crippen LogP contribution in [0, 0.1) is 0 Å².